The van der Waals surface area contributed by atoms with Gasteiger partial charge >= 0.3 is 5.69 Å². The summed E-state index contributed by atoms with van der Waals surface area (Å²) < 4.78 is 8.70. The number of ether oxygens (including phenoxy) is 1. The zero-order chi connectivity index (χ0) is 28.0. The summed E-state index contributed by atoms with van der Waals surface area (Å²) in [6.45, 7) is 6.57. The number of benzene rings is 2. The predicted molar refractivity (Wildman–Crippen MR) is 149 cm³/mol. The Kier molecular flexibility index (Phi) is 8.07. The van der Waals surface area contributed by atoms with Gasteiger partial charge in [-0.25, -0.2) is 14.8 Å². The van der Waals surface area contributed by atoms with Crippen LogP contribution in [-0.2, 0) is 11.3 Å². The number of nitrogens with one attached hydrogen (secondary N) is 2. The van der Waals surface area contributed by atoms with Crippen molar-refractivity contribution in [2.24, 2.45) is 0 Å². The fourth-order valence-electron chi connectivity index (χ4n) is 4.22. The first-order chi connectivity index (χ1) is 18.7. The van der Waals surface area contributed by atoms with Crippen LogP contribution in [0, 0.1) is 11.3 Å². The van der Waals surface area contributed by atoms with Crippen LogP contribution in [0.3, 0.4) is 0 Å². The Morgan fingerprint density at radius 3 is 2.49 bits per heavy atom. The van der Waals surface area contributed by atoms with Crippen LogP contribution >= 0.6 is 0 Å². The number of fused-ring (bicyclic) bond motifs is 1. The molecule has 2 heterocycles. The Balaban J connectivity index is 1.58. The molecule has 0 saturated carbocycles. The highest BCUT2D eigenvalue weighted by molar-refractivity contribution is 5.97. The van der Waals surface area contributed by atoms with Gasteiger partial charge in [-0.3, -0.25) is 13.9 Å². The number of likely N-dealkylation sites (N-methyl/N-ethyl adjacent to an activating group) is 1. The monoisotopic (exact) mass is 526 g/mol. The minimum absolute atomic E-state index is 0.0138. The third-order valence-corrected chi connectivity index (χ3v) is 5.93. The van der Waals surface area contributed by atoms with Gasteiger partial charge in [0, 0.05) is 18.6 Å². The van der Waals surface area contributed by atoms with E-state index in [1.54, 1.807) is 30.3 Å². The maximum Gasteiger partial charge on any atom is 0.335 e. The first-order valence-corrected chi connectivity index (χ1v) is 12.5. The number of imidazole rings is 1. The maximum absolute atomic E-state index is 13.5. The molecule has 0 aliphatic rings. The molecule has 4 rings (SSSR count). The molecule has 4 N–H and O–H groups in total. The summed E-state index contributed by atoms with van der Waals surface area (Å²) in [5.74, 6) is 0.916. The van der Waals surface area contributed by atoms with Gasteiger partial charge in [-0.05, 0) is 62.9 Å². The lowest BCUT2D eigenvalue weighted by Gasteiger charge is -2.21. The number of para-hydroxylation sites is 1. The van der Waals surface area contributed by atoms with Crippen molar-refractivity contribution in [2.45, 2.75) is 32.9 Å². The number of carbonyl (C=O) groups is 1. The minimum atomic E-state index is -0.530. The molecule has 0 aliphatic carbocycles. The number of nitriles is 1. The van der Waals surface area contributed by atoms with Crippen molar-refractivity contribution in [3.63, 3.8) is 0 Å². The van der Waals surface area contributed by atoms with Crippen molar-refractivity contribution in [1.82, 2.24) is 29.7 Å². The molecule has 11 heteroatoms. The van der Waals surface area contributed by atoms with Crippen LogP contribution in [0.2, 0.25) is 0 Å². The van der Waals surface area contributed by atoms with Crippen molar-refractivity contribution in [1.29, 1.82) is 5.26 Å². The second-order valence-corrected chi connectivity index (χ2v) is 9.29. The van der Waals surface area contributed by atoms with Gasteiger partial charge in [0.15, 0.2) is 11.5 Å². The molecule has 0 saturated heterocycles. The molecule has 0 atom stereocenters. The summed E-state index contributed by atoms with van der Waals surface area (Å²) >= 11 is 0. The van der Waals surface area contributed by atoms with Gasteiger partial charge < -0.3 is 21.1 Å². The van der Waals surface area contributed by atoms with E-state index >= 15 is 0 Å². The first-order valence-electron chi connectivity index (χ1n) is 12.5. The lowest BCUT2D eigenvalue weighted by molar-refractivity contribution is -0.117. The van der Waals surface area contributed by atoms with Crippen molar-refractivity contribution >= 4 is 22.9 Å². The van der Waals surface area contributed by atoms with E-state index in [9.17, 15) is 14.9 Å². The number of nitrogens with two attached hydrogens (primary N) is 1. The number of nitrogen functional groups attached to an aromatic ring is 1. The smallest absolute Gasteiger partial charge is 0.335 e. The topological polar surface area (TPSA) is 153 Å². The van der Waals surface area contributed by atoms with E-state index in [2.05, 4.69) is 20.6 Å². The second-order valence-electron chi connectivity index (χ2n) is 9.29. The normalized spacial score (nSPS) is 11.8. The predicted octanol–water partition coefficient (Wildman–Crippen LogP) is 2.91. The van der Waals surface area contributed by atoms with Gasteiger partial charge in [-0.2, -0.15) is 5.26 Å². The molecule has 0 bridgehead atoms. The number of rotatable bonds is 10. The van der Waals surface area contributed by atoms with Gasteiger partial charge in [0.2, 0.25) is 0 Å². The number of anilines is 1. The lowest BCUT2D eigenvalue weighted by atomic mass is 10.0. The molecular weight excluding hydrogens is 496 g/mol. The van der Waals surface area contributed by atoms with E-state index in [1.165, 1.54) is 15.5 Å². The molecule has 0 radical (unpaired) electrons. The van der Waals surface area contributed by atoms with Gasteiger partial charge in [-0.1, -0.05) is 25.1 Å². The number of hydrogen-bond donors (Lipinski definition) is 3. The summed E-state index contributed by atoms with van der Waals surface area (Å²) in [6, 6.07) is 18.3. The number of hydrogen-bond acceptors (Lipinski definition) is 8. The Morgan fingerprint density at radius 2 is 1.82 bits per heavy atom. The summed E-state index contributed by atoms with van der Waals surface area (Å²) in [6.07, 6.45) is 2.87. The Bertz CT molecular complexity index is 1600. The third kappa shape index (κ3) is 6.14. The molecular formula is C28H30N8O3. The highest BCUT2D eigenvalue weighted by Crippen LogP contribution is 2.24. The summed E-state index contributed by atoms with van der Waals surface area (Å²) in [5, 5.41) is 15.4. The molecule has 4 aromatic rings. The molecule has 0 aliphatic heterocycles. The molecule has 1 amide bonds. The van der Waals surface area contributed by atoms with Gasteiger partial charge in [0.25, 0.3) is 5.91 Å². The molecule has 0 unspecified atom stereocenters. The zero-order valence-electron chi connectivity index (χ0n) is 22.0. The Hall–Kier alpha value is -4.95. The summed E-state index contributed by atoms with van der Waals surface area (Å²) in [7, 11) is 0. The molecule has 39 heavy (non-hydrogen) atoms. The van der Waals surface area contributed by atoms with Crippen LogP contribution in [0.1, 0.15) is 20.8 Å². The van der Waals surface area contributed by atoms with E-state index in [4.69, 9.17) is 10.5 Å². The van der Waals surface area contributed by atoms with Crippen molar-refractivity contribution < 1.29 is 9.53 Å². The van der Waals surface area contributed by atoms with Gasteiger partial charge in [0.1, 0.15) is 35.0 Å². The number of aromatic nitrogens is 4. The van der Waals surface area contributed by atoms with E-state index in [0.717, 1.165) is 0 Å². The molecule has 200 valence electrons. The summed E-state index contributed by atoms with van der Waals surface area (Å²) in [4.78, 5) is 34.5. The van der Waals surface area contributed by atoms with E-state index in [-0.39, 0.29) is 24.5 Å². The number of amides is 1. The Labute approximate surface area is 225 Å². The largest absolute Gasteiger partial charge is 0.457 e. The summed E-state index contributed by atoms with van der Waals surface area (Å²) in [5.41, 5.74) is 6.46. The molecule has 2 aromatic carbocycles. The van der Waals surface area contributed by atoms with Crippen molar-refractivity contribution in [3.05, 3.63) is 83.1 Å². The van der Waals surface area contributed by atoms with E-state index in [1.807, 2.05) is 57.2 Å². The van der Waals surface area contributed by atoms with Crippen LogP contribution < -0.4 is 26.8 Å². The third-order valence-electron chi connectivity index (χ3n) is 5.93. The van der Waals surface area contributed by atoms with Crippen LogP contribution in [0.15, 0.2) is 77.4 Å². The zero-order valence-corrected chi connectivity index (χ0v) is 22.0. The molecule has 11 nitrogen and oxygen atoms in total. The highest BCUT2D eigenvalue weighted by atomic mass is 16.5. The standard InChI is InChI=1S/C28H30N8O3/c1-4-34-28(2,3)16-19(17-29)26(37)31-14-15-35-25-23(24(30)32-18-33-25)36(27(35)38)20-10-12-22(13-11-20)39-21-8-6-5-7-9-21/h5-13,16,18,34H,4,14-15H2,1-3H3,(H,31,37)(H2,30,32,33). The van der Waals surface area contributed by atoms with Crippen molar-refractivity contribution in [2.75, 3.05) is 18.8 Å². The SMILES string of the molecule is CCNC(C)(C)C=C(C#N)C(=O)NCCn1c(=O)n(-c2ccc(Oc3ccccc3)cc2)c2c(N)ncnc21. The lowest BCUT2D eigenvalue weighted by Crippen LogP contribution is -2.38. The van der Waals surface area contributed by atoms with Crippen LogP contribution in [0.4, 0.5) is 5.82 Å². The highest BCUT2D eigenvalue weighted by Gasteiger charge is 2.20. The Morgan fingerprint density at radius 1 is 1.13 bits per heavy atom. The van der Waals surface area contributed by atoms with E-state index < -0.39 is 17.1 Å². The maximum atomic E-state index is 13.5. The van der Waals surface area contributed by atoms with E-state index in [0.29, 0.717) is 34.9 Å². The van der Waals surface area contributed by atoms with Crippen molar-refractivity contribution in [3.8, 4) is 23.3 Å². The average molecular weight is 527 g/mol. The second kappa shape index (κ2) is 11.6. The molecule has 0 fully saturated rings. The molecule has 2 aromatic heterocycles. The van der Waals surface area contributed by atoms with Gasteiger partial charge in [0.05, 0.1) is 5.69 Å². The van der Waals surface area contributed by atoms with Crippen LogP contribution in [0.5, 0.6) is 11.5 Å². The first kappa shape index (κ1) is 27.1. The van der Waals surface area contributed by atoms with Crippen LogP contribution in [0.25, 0.3) is 16.9 Å². The quantitative estimate of drug-likeness (QED) is 0.211. The van der Waals surface area contributed by atoms with Crippen LogP contribution in [-0.4, -0.2) is 43.6 Å². The van der Waals surface area contributed by atoms with Gasteiger partial charge in [-0.15, -0.1) is 0 Å². The average Bonchev–Trinajstić information content (AvgIpc) is 3.20. The fraction of sp³-hybridized carbons (Fsp3) is 0.250. The molecule has 0 spiro atoms. The number of carbonyl (C=O) groups excluding carboxylic acids is 1. The fourth-order valence-corrected chi connectivity index (χ4v) is 4.22. The minimum Gasteiger partial charge on any atom is -0.457 e. The number of nitrogens with zero attached hydrogens (tertiary/aromatic N) is 5.